The quantitative estimate of drug-likeness (QED) is 0.864. The normalized spacial score (nSPS) is 10.4. The highest BCUT2D eigenvalue weighted by Crippen LogP contribution is 2.07. The lowest BCUT2D eigenvalue weighted by Gasteiger charge is -2.17. The maximum Gasteiger partial charge on any atom is 0.414 e. The molecule has 0 aromatic carbocycles. The summed E-state index contributed by atoms with van der Waals surface area (Å²) in [5, 5.41) is 2.66. The molecule has 0 spiro atoms. The van der Waals surface area contributed by atoms with Gasteiger partial charge in [-0.15, -0.1) is 0 Å². The van der Waals surface area contributed by atoms with Crippen molar-refractivity contribution in [2.45, 2.75) is 13.8 Å². The number of halogens is 1. The van der Waals surface area contributed by atoms with Crippen LogP contribution in [0.2, 0.25) is 0 Å². The first-order valence-electron chi connectivity index (χ1n) is 5.81. The highest BCUT2D eigenvalue weighted by molar-refractivity contribution is 9.10. The van der Waals surface area contributed by atoms with Crippen LogP contribution in [0, 0.1) is 0 Å². The topological polar surface area (TPSA) is 67.4 Å². The fourth-order valence-electron chi connectivity index (χ4n) is 1.34. The predicted molar refractivity (Wildman–Crippen MR) is 71.5 cm³/mol. The third-order valence-electron chi connectivity index (χ3n) is 2.39. The second kappa shape index (κ2) is 7.99. The monoisotopic (exact) mass is 316 g/mol. The SMILES string of the molecule is CCN(CC)CCNC(=O)Oc1cnc(Br)cn1. The highest BCUT2D eigenvalue weighted by Gasteiger charge is 2.06. The molecule has 0 unspecified atom stereocenters. The average Bonchev–Trinajstić information content (AvgIpc) is 2.37. The number of amides is 1. The summed E-state index contributed by atoms with van der Waals surface area (Å²) in [6.45, 7) is 7.44. The summed E-state index contributed by atoms with van der Waals surface area (Å²) in [6.07, 6.45) is 2.34. The van der Waals surface area contributed by atoms with E-state index in [4.69, 9.17) is 4.74 Å². The lowest BCUT2D eigenvalue weighted by Crippen LogP contribution is -2.36. The van der Waals surface area contributed by atoms with E-state index in [2.05, 4.69) is 50.0 Å². The molecule has 7 heteroatoms. The minimum Gasteiger partial charge on any atom is -0.390 e. The number of hydrogen-bond donors (Lipinski definition) is 1. The van der Waals surface area contributed by atoms with Crippen molar-refractivity contribution >= 4 is 22.0 Å². The predicted octanol–water partition coefficient (Wildman–Crippen LogP) is 1.67. The molecule has 1 N–H and O–H groups in total. The van der Waals surface area contributed by atoms with E-state index in [1.165, 1.54) is 12.4 Å². The van der Waals surface area contributed by atoms with Crippen LogP contribution in [0.3, 0.4) is 0 Å². The van der Waals surface area contributed by atoms with Crippen LogP contribution in [0.4, 0.5) is 4.79 Å². The Balaban J connectivity index is 2.27. The Bertz CT molecular complexity index is 368. The van der Waals surface area contributed by atoms with Gasteiger partial charge in [0.25, 0.3) is 0 Å². The molecule has 18 heavy (non-hydrogen) atoms. The van der Waals surface area contributed by atoms with Crippen molar-refractivity contribution in [3.63, 3.8) is 0 Å². The average molecular weight is 317 g/mol. The van der Waals surface area contributed by atoms with E-state index < -0.39 is 6.09 Å². The van der Waals surface area contributed by atoms with Crippen LogP contribution in [0.15, 0.2) is 17.0 Å². The molecule has 0 radical (unpaired) electrons. The fourth-order valence-corrected chi connectivity index (χ4v) is 1.54. The fraction of sp³-hybridized carbons (Fsp3) is 0.545. The zero-order valence-electron chi connectivity index (χ0n) is 10.5. The first kappa shape index (κ1) is 14.8. The Kier molecular flexibility index (Phi) is 6.59. The molecule has 0 fully saturated rings. The van der Waals surface area contributed by atoms with Gasteiger partial charge in [-0.3, -0.25) is 0 Å². The summed E-state index contributed by atoms with van der Waals surface area (Å²) in [4.78, 5) is 21.4. The molecular formula is C11H17BrN4O2. The van der Waals surface area contributed by atoms with Crippen molar-refractivity contribution in [2.75, 3.05) is 26.2 Å². The van der Waals surface area contributed by atoms with Crippen LogP contribution in [-0.4, -0.2) is 47.1 Å². The highest BCUT2D eigenvalue weighted by atomic mass is 79.9. The van der Waals surface area contributed by atoms with Gasteiger partial charge in [0.1, 0.15) is 4.60 Å². The lowest BCUT2D eigenvalue weighted by atomic mass is 10.5. The molecule has 1 aromatic rings. The molecule has 1 aromatic heterocycles. The van der Waals surface area contributed by atoms with Gasteiger partial charge in [0.15, 0.2) is 0 Å². The minimum absolute atomic E-state index is 0.179. The molecule has 0 saturated carbocycles. The van der Waals surface area contributed by atoms with Gasteiger partial charge in [0.05, 0.1) is 12.4 Å². The first-order chi connectivity index (χ1) is 8.65. The number of ether oxygens (including phenoxy) is 1. The molecule has 0 aliphatic heterocycles. The number of aromatic nitrogens is 2. The van der Waals surface area contributed by atoms with Gasteiger partial charge in [-0.2, -0.15) is 0 Å². The number of nitrogens with one attached hydrogen (secondary N) is 1. The maximum atomic E-state index is 11.4. The molecule has 100 valence electrons. The van der Waals surface area contributed by atoms with Gasteiger partial charge in [0, 0.05) is 13.1 Å². The van der Waals surface area contributed by atoms with Crippen LogP contribution in [-0.2, 0) is 0 Å². The summed E-state index contributed by atoms with van der Waals surface area (Å²) in [7, 11) is 0. The molecule has 0 aliphatic carbocycles. The third kappa shape index (κ3) is 5.42. The molecule has 1 heterocycles. The van der Waals surface area contributed by atoms with E-state index in [0.717, 1.165) is 19.6 Å². The van der Waals surface area contributed by atoms with Crippen molar-refractivity contribution in [3.05, 3.63) is 17.0 Å². The number of carbonyl (C=O) groups is 1. The van der Waals surface area contributed by atoms with Crippen LogP contribution < -0.4 is 10.1 Å². The minimum atomic E-state index is -0.515. The Morgan fingerprint density at radius 3 is 2.67 bits per heavy atom. The Hall–Kier alpha value is -1.21. The van der Waals surface area contributed by atoms with Gasteiger partial charge < -0.3 is 15.0 Å². The van der Waals surface area contributed by atoms with E-state index in [1.54, 1.807) is 0 Å². The van der Waals surface area contributed by atoms with Crippen molar-refractivity contribution in [1.29, 1.82) is 0 Å². The molecular weight excluding hydrogens is 300 g/mol. The summed E-state index contributed by atoms with van der Waals surface area (Å²) in [5.41, 5.74) is 0. The standard InChI is InChI=1S/C11H17BrN4O2/c1-3-16(4-2)6-5-13-11(17)18-10-8-14-9(12)7-15-10/h7-8H,3-6H2,1-2H3,(H,13,17). The Morgan fingerprint density at radius 2 is 2.11 bits per heavy atom. The summed E-state index contributed by atoms with van der Waals surface area (Å²) >= 11 is 3.15. The number of rotatable bonds is 6. The molecule has 6 nitrogen and oxygen atoms in total. The van der Waals surface area contributed by atoms with Crippen molar-refractivity contribution in [1.82, 2.24) is 20.2 Å². The number of hydrogen-bond acceptors (Lipinski definition) is 5. The Labute approximate surface area is 115 Å². The molecule has 1 rings (SSSR count). The van der Waals surface area contributed by atoms with Gasteiger partial charge >= 0.3 is 6.09 Å². The molecule has 0 aliphatic rings. The molecule has 1 amide bonds. The zero-order valence-corrected chi connectivity index (χ0v) is 12.1. The van der Waals surface area contributed by atoms with Gasteiger partial charge in [-0.25, -0.2) is 14.8 Å². The van der Waals surface area contributed by atoms with Crippen LogP contribution >= 0.6 is 15.9 Å². The van der Waals surface area contributed by atoms with E-state index in [-0.39, 0.29) is 5.88 Å². The molecule has 0 atom stereocenters. The Morgan fingerprint density at radius 1 is 1.39 bits per heavy atom. The molecule has 0 bridgehead atoms. The van der Waals surface area contributed by atoms with Crippen LogP contribution in [0.1, 0.15) is 13.8 Å². The summed E-state index contributed by atoms with van der Waals surface area (Å²) < 4.78 is 5.55. The van der Waals surface area contributed by atoms with Crippen LogP contribution in [0.25, 0.3) is 0 Å². The van der Waals surface area contributed by atoms with Gasteiger partial charge in [-0.1, -0.05) is 13.8 Å². The number of likely N-dealkylation sites (N-methyl/N-ethyl adjacent to an activating group) is 1. The van der Waals surface area contributed by atoms with Crippen LogP contribution in [0.5, 0.6) is 5.88 Å². The lowest BCUT2D eigenvalue weighted by molar-refractivity contribution is 0.195. The zero-order chi connectivity index (χ0) is 13.4. The van der Waals surface area contributed by atoms with E-state index in [0.29, 0.717) is 11.1 Å². The second-order valence-corrected chi connectivity index (χ2v) is 4.33. The number of carbonyl (C=O) groups excluding carboxylic acids is 1. The second-order valence-electron chi connectivity index (χ2n) is 3.52. The largest absolute Gasteiger partial charge is 0.414 e. The third-order valence-corrected chi connectivity index (χ3v) is 2.80. The smallest absolute Gasteiger partial charge is 0.390 e. The van der Waals surface area contributed by atoms with Gasteiger partial charge in [0.2, 0.25) is 5.88 Å². The van der Waals surface area contributed by atoms with E-state index in [1.807, 2.05) is 0 Å². The van der Waals surface area contributed by atoms with E-state index in [9.17, 15) is 4.79 Å². The van der Waals surface area contributed by atoms with E-state index >= 15 is 0 Å². The van der Waals surface area contributed by atoms with Gasteiger partial charge in [-0.05, 0) is 29.0 Å². The number of nitrogens with zero attached hydrogens (tertiary/aromatic N) is 3. The summed E-state index contributed by atoms with van der Waals surface area (Å²) in [5.74, 6) is 0.179. The van der Waals surface area contributed by atoms with Crippen molar-refractivity contribution in [2.24, 2.45) is 0 Å². The summed E-state index contributed by atoms with van der Waals surface area (Å²) in [6, 6.07) is 0. The maximum absolute atomic E-state index is 11.4. The molecule has 0 saturated heterocycles. The first-order valence-corrected chi connectivity index (χ1v) is 6.60. The van der Waals surface area contributed by atoms with Crippen molar-refractivity contribution in [3.8, 4) is 5.88 Å². The van der Waals surface area contributed by atoms with Crippen molar-refractivity contribution < 1.29 is 9.53 Å².